The molecular weight excluding hydrogens is 218 g/mol. The first-order valence-corrected chi connectivity index (χ1v) is 5.83. The highest BCUT2D eigenvalue weighted by molar-refractivity contribution is 5.40. The van der Waals surface area contributed by atoms with E-state index >= 15 is 0 Å². The van der Waals surface area contributed by atoms with Crippen LogP contribution in [0.2, 0.25) is 0 Å². The minimum Gasteiger partial charge on any atom is -0.504 e. The Balaban J connectivity index is 1.93. The summed E-state index contributed by atoms with van der Waals surface area (Å²) in [7, 11) is 0. The quantitative estimate of drug-likeness (QED) is 0.599. The van der Waals surface area contributed by atoms with Gasteiger partial charge in [0.25, 0.3) is 0 Å². The molecule has 4 N–H and O–H groups in total. The second kappa shape index (κ2) is 4.20. The Morgan fingerprint density at radius 2 is 2.00 bits per heavy atom. The molecule has 1 fully saturated rings. The normalized spacial score (nSPS) is 26.5. The minimum absolute atomic E-state index is 0.0983. The van der Waals surface area contributed by atoms with E-state index in [-0.39, 0.29) is 29.1 Å². The Bertz CT molecular complexity index is 417. The van der Waals surface area contributed by atoms with Crippen LogP contribution in [-0.4, -0.2) is 27.5 Å². The van der Waals surface area contributed by atoms with Crippen molar-refractivity contribution in [2.24, 2.45) is 5.41 Å². The first-order valence-electron chi connectivity index (χ1n) is 5.83. The summed E-state index contributed by atoms with van der Waals surface area (Å²) in [5.74, 6) is -0.203. The molecule has 1 aromatic rings. The van der Waals surface area contributed by atoms with E-state index in [1.54, 1.807) is 12.1 Å². The molecule has 0 aliphatic heterocycles. The summed E-state index contributed by atoms with van der Waals surface area (Å²) in [5, 5.41) is 31.5. The summed E-state index contributed by atoms with van der Waals surface area (Å²) in [6.07, 6.45) is 0.519. The molecule has 1 aromatic carbocycles. The van der Waals surface area contributed by atoms with Crippen LogP contribution in [0.15, 0.2) is 18.2 Å². The average molecular weight is 237 g/mol. The zero-order chi connectivity index (χ0) is 12.6. The summed E-state index contributed by atoms with van der Waals surface area (Å²) in [6.45, 7) is 4.69. The number of hydrogen-bond acceptors (Lipinski definition) is 4. The summed E-state index contributed by atoms with van der Waals surface area (Å²) >= 11 is 0. The van der Waals surface area contributed by atoms with Crippen LogP contribution in [0.5, 0.6) is 11.5 Å². The van der Waals surface area contributed by atoms with Crippen LogP contribution in [0, 0.1) is 5.41 Å². The van der Waals surface area contributed by atoms with Crippen LogP contribution < -0.4 is 5.32 Å². The van der Waals surface area contributed by atoms with Gasteiger partial charge in [-0.3, -0.25) is 0 Å². The van der Waals surface area contributed by atoms with Crippen molar-refractivity contribution in [2.45, 2.75) is 39.0 Å². The van der Waals surface area contributed by atoms with Crippen LogP contribution >= 0.6 is 0 Å². The van der Waals surface area contributed by atoms with Crippen LogP contribution in [-0.2, 0) is 6.54 Å². The number of benzene rings is 1. The monoisotopic (exact) mass is 237 g/mol. The molecule has 2 atom stereocenters. The van der Waals surface area contributed by atoms with Gasteiger partial charge in [-0.2, -0.15) is 0 Å². The predicted molar refractivity (Wildman–Crippen MR) is 64.8 cm³/mol. The lowest BCUT2D eigenvalue weighted by atomic mass is 9.64. The maximum absolute atomic E-state index is 9.61. The topological polar surface area (TPSA) is 72.7 Å². The van der Waals surface area contributed by atoms with Gasteiger partial charge in [0.15, 0.2) is 11.5 Å². The van der Waals surface area contributed by atoms with E-state index in [2.05, 4.69) is 5.32 Å². The van der Waals surface area contributed by atoms with E-state index < -0.39 is 0 Å². The average Bonchev–Trinajstić information content (AvgIpc) is 2.28. The molecule has 0 heterocycles. The molecule has 1 saturated carbocycles. The number of phenols is 2. The maximum Gasteiger partial charge on any atom is 0.157 e. The largest absolute Gasteiger partial charge is 0.504 e. The minimum atomic E-state index is -0.242. The summed E-state index contributed by atoms with van der Waals surface area (Å²) < 4.78 is 0. The van der Waals surface area contributed by atoms with Crippen LogP contribution in [0.3, 0.4) is 0 Å². The van der Waals surface area contributed by atoms with Gasteiger partial charge in [-0.05, 0) is 24.1 Å². The Morgan fingerprint density at radius 1 is 1.29 bits per heavy atom. The van der Waals surface area contributed by atoms with Gasteiger partial charge < -0.3 is 20.6 Å². The van der Waals surface area contributed by atoms with Gasteiger partial charge in [0, 0.05) is 18.0 Å². The van der Waals surface area contributed by atoms with Gasteiger partial charge in [-0.15, -0.1) is 0 Å². The van der Waals surface area contributed by atoms with Gasteiger partial charge in [0.1, 0.15) is 0 Å². The second-order valence-electron chi connectivity index (χ2n) is 5.33. The molecule has 0 aromatic heterocycles. The lowest BCUT2D eigenvalue weighted by Crippen LogP contribution is -2.59. The molecule has 4 nitrogen and oxygen atoms in total. The van der Waals surface area contributed by atoms with Crippen molar-refractivity contribution in [3.8, 4) is 11.5 Å². The molecule has 0 saturated heterocycles. The Kier molecular flexibility index (Phi) is 3.02. The molecule has 17 heavy (non-hydrogen) atoms. The van der Waals surface area contributed by atoms with Gasteiger partial charge in [0.2, 0.25) is 0 Å². The molecular formula is C13H19NO3. The van der Waals surface area contributed by atoms with Crippen molar-refractivity contribution in [1.29, 1.82) is 0 Å². The standard InChI is InChI=1S/C13H19NO3/c1-13(2)11(6-12(13)17)14-7-8-3-4-9(15)10(16)5-8/h3-5,11-12,14-17H,6-7H2,1-2H3. The third-order valence-electron chi connectivity index (χ3n) is 3.81. The fourth-order valence-electron chi connectivity index (χ4n) is 2.17. The highest BCUT2D eigenvalue weighted by atomic mass is 16.3. The zero-order valence-corrected chi connectivity index (χ0v) is 10.1. The molecule has 0 amide bonds. The van der Waals surface area contributed by atoms with E-state index in [9.17, 15) is 15.3 Å². The molecule has 0 spiro atoms. The highest BCUT2D eigenvalue weighted by Crippen LogP contribution is 2.40. The fraction of sp³-hybridized carbons (Fsp3) is 0.538. The molecule has 0 radical (unpaired) electrons. The van der Waals surface area contributed by atoms with E-state index in [0.29, 0.717) is 6.54 Å². The van der Waals surface area contributed by atoms with E-state index in [0.717, 1.165) is 12.0 Å². The van der Waals surface area contributed by atoms with Gasteiger partial charge in [0.05, 0.1) is 6.10 Å². The number of nitrogens with one attached hydrogen (secondary N) is 1. The summed E-state index contributed by atoms with van der Waals surface area (Å²) in [4.78, 5) is 0. The van der Waals surface area contributed by atoms with Crippen molar-refractivity contribution in [3.63, 3.8) is 0 Å². The van der Waals surface area contributed by atoms with Crippen molar-refractivity contribution in [1.82, 2.24) is 5.32 Å². The molecule has 94 valence electrons. The molecule has 0 bridgehead atoms. The zero-order valence-electron chi connectivity index (χ0n) is 10.1. The molecule has 1 aliphatic carbocycles. The van der Waals surface area contributed by atoms with Crippen LogP contribution in [0.25, 0.3) is 0 Å². The number of aliphatic hydroxyl groups is 1. The van der Waals surface area contributed by atoms with Crippen molar-refractivity contribution in [3.05, 3.63) is 23.8 Å². The van der Waals surface area contributed by atoms with Crippen LogP contribution in [0.1, 0.15) is 25.8 Å². The summed E-state index contributed by atoms with van der Waals surface area (Å²) in [5.41, 5.74) is 0.816. The Morgan fingerprint density at radius 3 is 2.53 bits per heavy atom. The fourth-order valence-corrected chi connectivity index (χ4v) is 2.17. The van der Waals surface area contributed by atoms with Gasteiger partial charge >= 0.3 is 0 Å². The van der Waals surface area contributed by atoms with E-state index in [1.807, 2.05) is 13.8 Å². The Labute approximate surface area is 101 Å². The molecule has 2 rings (SSSR count). The first-order chi connectivity index (χ1) is 7.91. The number of aliphatic hydroxyl groups excluding tert-OH is 1. The molecule has 1 aliphatic rings. The maximum atomic E-state index is 9.61. The SMILES string of the molecule is CC1(C)C(O)CC1NCc1ccc(O)c(O)c1. The number of aromatic hydroxyl groups is 2. The lowest BCUT2D eigenvalue weighted by Gasteiger charge is -2.49. The number of rotatable bonds is 3. The molecule has 2 unspecified atom stereocenters. The van der Waals surface area contributed by atoms with E-state index in [1.165, 1.54) is 6.07 Å². The highest BCUT2D eigenvalue weighted by Gasteiger charge is 2.46. The predicted octanol–water partition coefficient (Wildman–Crippen LogP) is 1.35. The van der Waals surface area contributed by atoms with Crippen molar-refractivity contribution in [2.75, 3.05) is 0 Å². The third kappa shape index (κ3) is 2.23. The van der Waals surface area contributed by atoms with Crippen LogP contribution in [0.4, 0.5) is 0 Å². The Hall–Kier alpha value is -1.26. The first kappa shape index (κ1) is 12.2. The van der Waals surface area contributed by atoms with Crippen molar-refractivity contribution >= 4 is 0 Å². The smallest absolute Gasteiger partial charge is 0.157 e. The van der Waals surface area contributed by atoms with Gasteiger partial charge in [-0.25, -0.2) is 0 Å². The number of phenolic OH excluding ortho intramolecular Hbond substituents is 2. The van der Waals surface area contributed by atoms with Gasteiger partial charge in [-0.1, -0.05) is 19.9 Å². The third-order valence-corrected chi connectivity index (χ3v) is 3.81. The number of hydrogen-bond donors (Lipinski definition) is 4. The lowest BCUT2D eigenvalue weighted by molar-refractivity contribution is -0.0729. The molecule has 4 heteroatoms. The van der Waals surface area contributed by atoms with E-state index in [4.69, 9.17) is 0 Å². The summed E-state index contributed by atoms with van der Waals surface area (Å²) in [6, 6.07) is 5.08. The van der Waals surface area contributed by atoms with Crippen molar-refractivity contribution < 1.29 is 15.3 Å². The second-order valence-corrected chi connectivity index (χ2v) is 5.33.